The fraction of sp³-hybridized carbons (Fsp3) is 0.200. The van der Waals surface area contributed by atoms with E-state index in [0.29, 0.717) is 24.7 Å². The van der Waals surface area contributed by atoms with Gasteiger partial charge in [0.1, 0.15) is 12.0 Å². The molecule has 2 aromatic heterocycles. The van der Waals surface area contributed by atoms with Crippen LogP contribution in [0.15, 0.2) is 64.0 Å². The molecule has 0 unspecified atom stereocenters. The van der Waals surface area contributed by atoms with Gasteiger partial charge in [-0.1, -0.05) is 12.1 Å². The van der Waals surface area contributed by atoms with Crippen LogP contribution >= 0.6 is 0 Å². The summed E-state index contributed by atoms with van der Waals surface area (Å²) in [7, 11) is 1.63. The van der Waals surface area contributed by atoms with Crippen LogP contribution in [0.1, 0.15) is 12.6 Å². The average Bonchev–Trinajstić information content (AvgIpc) is 3.25. The fourth-order valence-electron chi connectivity index (χ4n) is 3.14. The Morgan fingerprint density at radius 2 is 1.73 bits per heavy atom. The van der Waals surface area contributed by atoms with E-state index >= 15 is 0 Å². The van der Waals surface area contributed by atoms with E-state index in [9.17, 15) is 4.79 Å². The second kappa shape index (κ2) is 6.55. The summed E-state index contributed by atoms with van der Waals surface area (Å²) in [5.41, 5.74) is 3.35. The highest BCUT2D eigenvalue weighted by atomic mass is 16.5. The van der Waals surface area contributed by atoms with Crippen molar-refractivity contribution < 1.29 is 9.15 Å². The summed E-state index contributed by atoms with van der Waals surface area (Å²) >= 11 is 0. The van der Waals surface area contributed by atoms with Crippen molar-refractivity contribution in [2.24, 2.45) is 0 Å². The van der Waals surface area contributed by atoms with Crippen molar-refractivity contribution in [2.75, 3.05) is 7.11 Å². The average molecular weight is 349 g/mol. The van der Waals surface area contributed by atoms with E-state index in [-0.39, 0.29) is 5.69 Å². The quantitative estimate of drug-likeness (QED) is 0.553. The lowest BCUT2D eigenvalue weighted by molar-refractivity contribution is 0.415. The van der Waals surface area contributed by atoms with Crippen molar-refractivity contribution in [1.29, 1.82) is 0 Å². The number of para-hydroxylation sites is 2. The molecule has 0 bridgehead atoms. The highest BCUT2D eigenvalue weighted by molar-refractivity contribution is 5.76. The molecule has 6 heteroatoms. The van der Waals surface area contributed by atoms with Gasteiger partial charge in [0, 0.05) is 12.1 Å². The van der Waals surface area contributed by atoms with Gasteiger partial charge in [-0.3, -0.25) is 9.13 Å². The largest absolute Gasteiger partial charge is 0.497 e. The number of fused-ring (bicyclic) bond motifs is 1. The Labute approximate surface area is 150 Å². The summed E-state index contributed by atoms with van der Waals surface area (Å²) in [5.74, 6) is 1.30. The molecule has 0 atom stereocenters. The molecule has 0 N–H and O–H groups in total. The van der Waals surface area contributed by atoms with Crippen molar-refractivity contribution in [3.63, 3.8) is 0 Å². The normalized spacial score (nSPS) is 11.2. The Hall–Kier alpha value is -3.28. The third-order valence-corrected chi connectivity index (χ3v) is 4.45. The molecule has 4 aromatic rings. The van der Waals surface area contributed by atoms with Gasteiger partial charge in [-0.25, -0.2) is 9.78 Å². The van der Waals surface area contributed by atoms with E-state index in [4.69, 9.17) is 9.15 Å². The van der Waals surface area contributed by atoms with E-state index in [0.717, 1.165) is 22.3 Å². The minimum absolute atomic E-state index is 0.0392. The summed E-state index contributed by atoms with van der Waals surface area (Å²) in [6.45, 7) is 2.96. The molecule has 6 nitrogen and oxygen atoms in total. The summed E-state index contributed by atoms with van der Waals surface area (Å²) < 4.78 is 14.3. The second-order valence-corrected chi connectivity index (χ2v) is 5.97. The molecule has 0 aliphatic heterocycles. The number of hydrogen-bond donors (Lipinski definition) is 0. The smallest absolute Gasteiger partial charge is 0.329 e. The van der Waals surface area contributed by atoms with Crippen molar-refractivity contribution >= 4 is 11.0 Å². The maximum Gasteiger partial charge on any atom is 0.329 e. The Balaban J connectivity index is 1.69. The van der Waals surface area contributed by atoms with Crippen LogP contribution < -0.4 is 10.4 Å². The number of oxazole rings is 1. The number of methoxy groups -OCH3 is 1. The number of nitrogens with zero attached hydrogens (tertiary/aromatic N) is 3. The molecule has 0 saturated heterocycles. The third-order valence-electron chi connectivity index (χ3n) is 4.45. The van der Waals surface area contributed by atoms with Crippen LogP contribution in [0, 0.1) is 0 Å². The number of ether oxygens (including phenoxy) is 1. The summed E-state index contributed by atoms with van der Waals surface area (Å²) in [6.07, 6.45) is 1.60. The van der Waals surface area contributed by atoms with Crippen LogP contribution in [0.25, 0.3) is 22.5 Å². The topological polar surface area (TPSA) is 62.2 Å². The molecule has 4 rings (SSSR count). The lowest BCUT2D eigenvalue weighted by atomic mass is 10.2. The zero-order valence-electron chi connectivity index (χ0n) is 14.7. The van der Waals surface area contributed by atoms with Crippen molar-refractivity contribution in [1.82, 2.24) is 14.1 Å². The molecule has 26 heavy (non-hydrogen) atoms. The first-order valence-electron chi connectivity index (χ1n) is 8.48. The van der Waals surface area contributed by atoms with Gasteiger partial charge in [-0.15, -0.1) is 0 Å². The number of aryl methyl sites for hydroxylation is 1. The first-order valence-corrected chi connectivity index (χ1v) is 8.48. The van der Waals surface area contributed by atoms with Gasteiger partial charge < -0.3 is 9.15 Å². The van der Waals surface area contributed by atoms with Gasteiger partial charge in [0.05, 0.1) is 30.4 Å². The first-order chi connectivity index (χ1) is 12.7. The summed E-state index contributed by atoms with van der Waals surface area (Å²) in [6, 6.07) is 15.3. The monoisotopic (exact) mass is 349 g/mol. The van der Waals surface area contributed by atoms with Gasteiger partial charge in [-0.05, 0) is 43.3 Å². The van der Waals surface area contributed by atoms with Crippen LogP contribution in [-0.2, 0) is 13.1 Å². The number of rotatable bonds is 5. The highest BCUT2D eigenvalue weighted by Crippen LogP contribution is 2.22. The Morgan fingerprint density at radius 1 is 1.04 bits per heavy atom. The number of imidazole rings is 1. The van der Waals surface area contributed by atoms with E-state index in [1.807, 2.05) is 55.5 Å². The fourth-order valence-corrected chi connectivity index (χ4v) is 3.14. The molecular formula is C20H19N3O3. The molecule has 0 spiro atoms. The van der Waals surface area contributed by atoms with Crippen LogP contribution in [0.2, 0.25) is 0 Å². The predicted molar refractivity (Wildman–Crippen MR) is 99.5 cm³/mol. The standard InChI is InChI=1S/C20H19N3O3/c1-3-22-17-6-4-5-7-18(17)23(20(22)24)12-15-13-26-19(21-15)14-8-10-16(25-2)11-9-14/h4-11,13H,3,12H2,1-2H3. The second-order valence-electron chi connectivity index (χ2n) is 5.97. The Morgan fingerprint density at radius 3 is 2.38 bits per heavy atom. The predicted octanol–water partition coefficient (Wildman–Crippen LogP) is 3.53. The summed E-state index contributed by atoms with van der Waals surface area (Å²) in [5, 5.41) is 0. The lowest BCUT2D eigenvalue weighted by Gasteiger charge is -2.00. The Kier molecular flexibility index (Phi) is 4.08. The number of aromatic nitrogens is 3. The van der Waals surface area contributed by atoms with Crippen molar-refractivity contribution in [2.45, 2.75) is 20.0 Å². The Bertz CT molecular complexity index is 1100. The molecule has 0 aliphatic rings. The SMILES string of the molecule is CCn1c(=O)n(Cc2coc(-c3ccc(OC)cc3)n2)c2ccccc21. The van der Waals surface area contributed by atoms with E-state index < -0.39 is 0 Å². The molecule has 2 heterocycles. The number of hydrogen-bond acceptors (Lipinski definition) is 4. The van der Waals surface area contributed by atoms with Gasteiger partial charge in [0.15, 0.2) is 0 Å². The van der Waals surface area contributed by atoms with E-state index in [1.165, 1.54) is 0 Å². The lowest BCUT2D eigenvalue weighted by Crippen LogP contribution is -2.24. The van der Waals surface area contributed by atoms with Crippen LogP contribution in [0.4, 0.5) is 0 Å². The van der Waals surface area contributed by atoms with Gasteiger partial charge >= 0.3 is 5.69 Å². The minimum Gasteiger partial charge on any atom is -0.497 e. The molecule has 0 saturated carbocycles. The molecule has 0 radical (unpaired) electrons. The molecule has 132 valence electrons. The zero-order chi connectivity index (χ0) is 18.1. The maximum absolute atomic E-state index is 12.7. The highest BCUT2D eigenvalue weighted by Gasteiger charge is 2.14. The molecule has 0 amide bonds. The van der Waals surface area contributed by atoms with Gasteiger partial charge in [0.2, 0.25) is 5.89 Å². The van der Waals surface area contributed by atoms with Crippen LogP contribution in [0.3, 0.4) is 0 Å². The van der Waals surface area contributed by atoms with Crippen LogP contribution in [-0.4, -0.2) is 21.2 Å². The van der Waals surface area contributed by atoms with E-state index in [1.54, 1.807) is 22.5 Å². The first kappa shape index (κ1) is 16.2. The molecular weight excluding hydrogens is 330 g/mol. The van der Waals surface area contributed by atoms with E-state index in [2.05, 4.69) is 4.98 Å². The molecule has 2 aromatic carbocycles. The third kappa shape index (κ3) is 2.69. The summed E-state index contributed by atoms with van der Waals surface area (Å²) in [4.78, 5) is 17.3. The van der Waals surface area contributed by atoms with Crippen molar-refractivity contribution in [3.05, 3.63) is 71.0 Å². The molecule has 0 aliphatic carbocycles. The van der Waals surface area contributed by atoms with Crippen LogP contribution in [0.5, 0.6) is 5.75 Å². The minimum atomic E-state index is -0.0392. The van der Waals surface area contributed by atoms with Gasteiger partial charge in [0.25, 0.3) is 0 Å². The zero-order valence-corrected chi connectivity index (χ0v) is 14.7. The number of benzene rings is 2. The molecule has 0 fully saturated rings. The van der Waals surface area contributed by atoms with Gasteiger partial charge in [-0.2, -0.15) is 0 Å². The van der Waals surface area contributed by atoms with Crippen molar-refractivity contribution in [3.8, 4) is 17.2 Å². The maximum atomic E-state index is 12.7.